The van der Waals surface area contributed by atoms with Gasteiger partial charge in [0.2, 0.25) is 0 Å². The molecule has 1 aromatic heterocycles. The number of nitrogens with zero attached hydrogens (tertiary/aromatic N) is 2. The van der Waals surface area contributed by atoms with E-state index >= 15 is 0 Å². The Morgan fingerprint density at radius 3 is 2.62 bits per heavy atom. The van der Waals surface area contributed by atoms with Crippen LogP contribution in [0.3, 0.4) is 0 Å². The maximum absolute atomic E-state index is 11.1. The number of phenols is 1. The van der Waals surface area contributed by atoms with Crippen LogP contribution < -0.4 is 0 Å². The zero-order valence-electron chi connectivity index (χ0n) is 10.8. The molecule has 5 nitrogen and oxygen atoms in total. The minimum absolute atomic E-state index is 0.0275. The zero-order valence-corrected chi connectivity index (χ0v) is 11.6. The first-order valence-corrected chi connectivity index (χ1v) is 6.95. The van der Waals surface area contributed by atoms with Crippen molar-refractivity contribution in [2.75, 3.05) is 0 Å². The lowest BCUT2D eigenvalue weighted by Gasteiger charge is -2.07. The predicted octanol–water partition coefficient (Wildman–Crippen LogP) is 4.00. The van der Waals surface area contributed by atoms with Crippen LogP contribution in [0.25, 0.3) is 10.8 Å². The summed E-state index contributed by atoms with van der Waals surface area (Å²) in [6.07, 6.45) is 3.09. The standard InChI is InChI=1S/C15H10N2O3S/c18-13-3-1-2-4-15(13)21-14-6-5-12(17(19)20)11-9-16-8-7-10(11)14/h1-9,18H. The van der Waals surface area contributed by atoms with Crippen molar-refractivity contribution in [1.29, 1.82) is 0 Å². The van der Waals surface area contributed by atoms with Gasteiger partial charge in [-0.05, 0) is 24.3 Å². The Morgan fingerprint density at radius 2 is 1.86 bits per heavy atom. The fourth-order valence-corrected chi connectivity index (χ4v) is 3.04. The summed E-state index contributed by atoms with van der Waals surface area (Å²) in [5.74, 6) is 0.183. The van der Waals surface area contributed by atoms with Gasteiger partial charge >= 0.3 is 0 Å². The molecule has 0 unspecified atom stereocenters. The lowest BCUT2D eigenvalue weighted by molar-refractivity contribution is -0.383. The summed E-state index contributed by atoms with van der Waals surface area (Å²) in [6, 6.07) is 11.9. The van der Waals surface area contributed by atoms with Crippen LogP contribution in [0.5, 0.6) is 5.75 Å². The SMILES string of the molecule is O=[N+]([O-])c1ccc(Sc2ccccc2O)c2ccncc12. The number of hydrogen-bond donors (Lipinski definition) is 1. The molecule has 21 heavy (non-hydrogen) atoms. The number of phenolic OH excluding ortho intramolecular Hbond substituents is 1. The van der Waals surface area contributed by atoms with Crippen molar-refractivity contribution >= 4 is 28.2 Å². The van der Waals surface area contributed by atoms with E-state index in [9.17, 15) is 15.2 Å². The summed E-state index contributed by atoms with van der Waals surface area (Å²) in [7, 11) is 0. The number of nitro groups is 1. The monoisotopic (exact) mass is 298 g/mol. The molecular formula is C15H10N2O3S. The molecule has 0 atom stereocenters. The second-order valence-corrected chi connectivity index (χ2v) is 5.41. The Labute approximate surface area is 124 Å². The van der Waals surface area contributed by atoms with E-state index in [0.29, 0.717) is 10.3 Å². The van der Waals surface area contributed by atoms with E-state index in [1.54, 1.807) is 36.5 Å². The highest BCUT2D eigenvalue weighted by molar-refractivity contribution is 7.99. The molecule has 1 N–H and O–H groups in total. The van der Waals surface area contributed by atoms with E-state index in [-0.39, 0.29) is 11.4 Å². The van der Waals surface area contributed by atoms with Gasteiger partial charge in [0, 0.05) is 28.7 Å². The quantitative estimate of drug-likeness (QED) is 0.584. The van der Waals surface area contributed by atoms with Crippen LogP contribution in [0.2, 0.25) is 0 Å². The van der Waals surface area contributed by atoms with Gasteiger partial charge in [-0.25, -0.2) is 0 Å². The van der Waals surface area contributed by atoms with E-state index in [4.69, 9.17) is 0 Å². The second kappa shape index (κ2) is 5.41. The van der Waals surface area contributed by atoms with Gasteiger partial charge in [0.1, 0.15) is 5.75 Å². The van der Waals surface area contributed by atoms with Crippen LogP contribution in [0.1, 0.15) is 0 Å². The van der Waals surface area contributed by atoms with Gasteiger partial charge in [-0.1, -0.05) is 23.9 Å². The van der Waals surface area contributed by atoms with Crippen LogP contribution in [-0.4, -0.2) is 15.0 Å². The van der Waals surface area contributed by atoms with Crippen molar-refractivity contribution in [3.63, 3.8) is 0 Å². The van der Waals surface area contributed by atoms with Gasteiger partial charge in [0.05, 0.1) is 15.2 Å². The predicted molar refractivity (Wildman–Crippen MR) is 80.6 cm³/mol. The second-order valence-electron chi connectivity index (χ2n) is 4.33. The average Bonchev–Trinajstić information content (AvgIpc) is 2.49. The van der Waals surface area contributed by atoms with Gasteiger partial charge < -0.3 is 5.11 Å². The Morgan fingerprint density at radius 1 is 1.05 bits per heavy atom. The molecule has 0 saturated heterocycles. The number of fused-ring (bicyclic) bond motifs is 1. The number of rotatable bonds is 3. The maximum atomic E-state index is 11.1. The molecule has 0 bridgehead atoms. The topological polar surface area (TPSA) is 76.3 Å². The molecule has 0 aliphatic carbocycles. The molecule has 3 rings (SSSR count). The molecule has 0 spiro atoms. The average molecular weight is 298 g/mol. The van der Waals surface area contributed by atoms with E-state index < -0.39 is 4.92 Å². The summed E-state index contributed by atoms with van der Waals surface area (Å²) in [5, 5.41) is 22.1. The molecule has 3 aromatic rings. The van der Waals surface area contributed by atoms with Crippen molar-refractivity contribution in [3.8, 4) is 5.75 Å². The summed E-state index contributed by atoms with van der Waals surface area (Å²) in [5.41, 5.74) is 0.0275. The molecule has 104 valence electrons. The summed E-state index contributed by atoms with van der Waals surface area (Å²) in [4.78, 5) is 16.1. The Hall–Kier alpha value is -2.60. The van der Waals surface area contributed by atoms with Gasteiger partial charge in [0.15, 0.2) is 0 Å². The smallest absolute Gasteiger partial charge is 0.278 e. The minimum Gasteiger partial charge on any atom is -0.507 e. The number of aromatic nitrogens is 1. The molecule has 0 saturated carbocycles. The molecule has 0 aliphatic heterocycles. The number of aromatic hydroxyl groups is 1. The summed E-state index contributed by atoms with van der Waals surface area (Å²) in [6.45, 7) is 0. The van der Waals surface area contributed by atoms with Crippen LogP contribution in [-0.2, 0) is 0 Å². The van der Waals surface area contributed by atoms with Crippen molar-refractivity contribution in [2.45, 2.75) is 9.79 Å². The molecule has 0 amide bonds. The summed E-state index contributed by atoms with van der Waals surface area (Å²) >= 11 is 1.36. The first-order valence-electron chi connectivity index (χ1n) is 6.14. The first-order chi connectivity index (χ1) is 10.2. The van der Waals surface area contributed by atoms with E-state index in [0.717, 1.165) is 10.3 Å². The van der Waals surface area contributed by atoms with E-state index in [2.05, 4.69) is 4.98 Å². The van der Waals surface area contributed by atoms with Crippen LogP contribution in [0.4, 0.5) is 5.69 Å². The van der Waals surface area contributed by atoms with Crippen molar-refractivity contribution in [1.82, 2.24) is 4.98 Å². The van der Waals surface area contributed by atoms with Gasteiger partial charge in [0.25, 0.3) is 5.69 Å². The lowest BCUT2D eigenvalue weighted by atomic mass is 10.1. The van der Waals surface area contributed by atoms with Crippen LogP contribution in [0, 0.1) is 10.1 Å². The highest BCUT2D eigenvalue weighted by Gasteiger charge is 2.15. The fraction of sp³-hybridized carbons (Fsp3) is 0. The third-order valence-corrected chi connectivity index (χ3v) is 4.18. The number of benzene rings is 2. The van der Waals surface area contributed by atoms with Crippen LogP contribution in [0.15, 0.2) is 64.6 Å². The van der Waals surface area contributed by atoms with Crippen molar-refractivity contribution < 1.29 is 10.0 Å². The minimum atomic E-state index is -0.418. The normalized spacial score (nSPS) is 10.7. The van der Waals surface area contributed by atoms with Crippen molar-refractivity contribution in [3.05, 3.63) is 65.0 Å². The third-order valence-electron chi connectivity index (χ3n) is 3.04. The number of para-hydroxylation sites is 1. The zero-order chi connectivity index (χ0) is 14.8. The highest BCUT2D eigenvalue weighted by Crippen LogP contribution is 2.39. The van der Waals surface area contributed by atoms with E-state index in [1.807, 2.05) is 6.07 Å². The number of hydrogen-bond acceptors (Lipinski definition) is 5. The number of pyridine rings is 1. The largest absolute Gasteiger partial charge is 0.507 e. The maximum Gasteiger partial charge on any atom is 0.278 e. The molecule has 2 aromatic carbocycles. The third kappa shape index (κ3) is 2.53. The molecular weight excluding hydrogens is 288 g/mol. The van der Waals surface area contributed by atoms with Crippen LogP contribution >= 0.6 is 11.8 Å². The Balaban J connectivity index is 2.14. The molecule has 0 aliphatic rings. The highest BCUT2D eigenvalue weighted by atomic mass is 32.2. The summed E-state index contributed by atoms with van der Waals surface area (Å²) < 4.78 is 0. The Bertz CT molecular complexity index is 836. The molecule has 0 fully saturated rings. The Kier molecular flexibility index (Phi) is 3.45. The van der Waals surface area contributed by atoms with Gasteiger partial charge in [-0.2, -0.15) is 0 Å². The number of nitro benzene ring substituents is 1. The van der Waals surface area contributed by atoms with Gasteiger partial charge in [-0.15, -0.1) is 0 Å². The van der Waals surface area contributed by atoms with E-state index in [1.165, 1.54) is 24.0 Å². The number of non-ortho nitro benzene ring substituents is 1. The van der Waals surface area contributed by atoms with Gasteiger partial charge in [-0.3, -0.25) is 15.1 Å². The first kappa shape index (κ1) is 13.4. The van der Waals surface area contributed by atoms with Crippen molar-refractivity contribution in [2.24, 2.45) is 0 Å². The molecule has 0 radical (unpaired) electrons. The molecule has 1 heterocycles. The molecule has 6 heteroatoms. The fourth-order valence-electron chi connectivity index (χ4n) is 2.06. The lowest BCUT2D eigenvalue weighted by Crippen LogP contribution is -1.91.